The number of morpholine rings is 1. The highest BCUT2D eigenvalue weighted by Gasteiger charge is 2.43. The molecule has 2 fully saturated rings. The van der Waals surface area contributed by atoms with Crippen molar-refractivity contribution in [2.24, 2.45) is 5.41 Å². The Kier molecular flexibility index (Phi) is 7.30. The highest BCUT2D eigenvalue weighted by Crippen LogP contribution is 2.29. The van der Waals surface area contributed by atoms with Gasteiger partial charge in [0.1, 0.15) is 18.0 Å². The summed E-state index contributed by atoms with van der Waals surface area (Å²) in [5.41, 5.74) is -1.37. The van der Waals surface area contributed by atoms with Crippen LogP contribution in [0.1, 0.15) is 46.5 Å². The van der Waals surface area contributed by atoms with Crippen molar-refractivity contribution in [3.8, 4) is 5.75 Å². The molecular weight excluding hydrogens is 404 g/mol. The summed E-state index contributed by atoms with van der Waals surface area (Å²) in [5, 5.41) is 0.583. The lowest BCUT2D eigenvalue weighted by Gasteiger charge is -2.44. The van der Waals surface area contributed by atoms with E-state index in [9.17, 15) is 9.59 Å². The second kappa shape index (κ2) is 9.56. The Balaban J connectivity index is 1.78. The molecule has 166 valence electrons. The zero-order valence-electron chi connectivity index (χ0n) is 18.3. The molecule has 0 saturated carbocycles. The van der Waals surface area contributed by atoms with Gasteiger partial charge in [-0.15, -0.1) is 0 Å². The summed E-state index contributed by atoms with van der Waals surface area (Å²) in [6.07, 6.45) is 3.43. The first kappa shape index (κ1) is 22.9. The number of ether oxygens (including phenoxy) is 2. The molecule has 0 aromatic heterocycles. The molecule has 30 heavy (non-hydrogen) atoms. The van der Waals surface area contributed by atoms with Crippen molar-refractivity contribution in [2.45, 2.75) is 52.1 Å². The fourth-order valence-corrected chi connectivity index (χ4v) is 4.22. The second-order valence-corrected chi connectivity index (χ2v) is 9.81. The Hall–Kier alpha value is -1.79. The van der Waals surface area contributed by atoms with Crippen molar-refractivity contribution in [1.82, 2.24) is 9.80 Å². The molecular formula is C23H33ClN2O4. The molecule has 1 unspecified atom stereocenters. The Morgan fingerprint density at radius 3 is 2.53 bits per heavy atom. The summed E-state index contributed by atoms with van der Waals surface area (Å²) in [4.78, 5) is 29.7. The smallest absolute Gasteiger partial charge is 0.228 e. The number of hydrogen-bond acceptors (Lipinski definition) is 4. The molecule has 1 aromatic carbocycles. The molecule has 0 spiro atoms. The van der Waals surface area contributed by atoms with Crippen molar-refractivity contribution >= 4 is 23.4 Å². The molecule has 0 N–H and O–H groups in total. The fourth-order valence-electron chi connectivity index (χ4n) is 4.04. The van der Waals surface area contributed by atoms with E-state index >= 15 is 0 Å². The minimum atomic E-state index is -0.879. The first-order valence-corrected chi connectivity index (χ1v) is 11.2. The highest BCUT2D eigenvalue weighted by atomic mass is 35.5. The van der Waals surface area contributed by atoms with E-state index in [4.69, 9.17) is 21.1 Å². The van der Waals surface area contributed by atoms with Gasteiger partial charge >= 0.3 is 0 Å². The molecule has 1 aromatic rings. The van der Waals surface area contributed by atoms with Crippen LogP contribution in [0.2, 0.25) is 5.02 Å². The molecule has 2 aliphatic rings. The van der Waals surface area contributed by atoms with Gasteiger partial charge in [-0.3, -0.25) is 9.59 Å². The van der Waals surface area contributed by atoms with Crippen molar-refractivity contribution in [1.29, 1.82) is 0 Å². The third-order valence-electron chi connectivity index (χ3n) is 5.66. The lowest BCUT2D eigenvalue weighted by Crippen LogP contribution is -2.60. The number of piperidine rings is 1. The summed E-state index contributed by atoms with van der Waals surface area (Å²) in [6.45, 7) is 8.73. The first-order chi connectivity index (χ1) is 14.2. The van der Waals surface area contributed by atoms with Gasteiger partial charge in [0.05, 0.1) is 19.6 Å². The number of hydrogen-bond donors (Lipinski definition) is 0. The summed E-state index contributed by atoms with van der Waals surface area (Å²) in [7, 11) is 0. The SMILES string of the molecule is CC(C)(C)C(=O)N1CCOC(COc2cccc(Cl)c2)(CC(=O)N2CCCCC2)C1. The summed E-state index contributed by atoms with van der Waals surface area (Å²) >= 11 is 6.08. The van der Waals surface area contributed by atoms with Crippen LogP contribution in [0, 0.1) is 5.41 Å². The summed E-state index contributed by atoms with van der Waals surface area (Å²) < 4.78 is 12.2. The predicted octanol–water partition coefficient (Wildman–Crippen LogP) is 3.77. The van der Waals surface area contributed by atoms with E-state index in [2.05, 4.69) is 0 Å². The van der Waals surface area contributed by atoms with Gasteiger partial charge in [0, 0.05) is 30.1 Å². The van der Waals surface area contributed by atoms with Crippen LogP contribution in [-0.4, -0.2) is 66.6 Å². The van der Waals surface area contributed by atoms with Crippen LogP contribution in [0.5, 0.6) is 5.75 Å². The van der Waals surface area contributed by atoms with Crippen LogP contribution in [-0.2, 0) is 14.3 Å². The van der Waals surface area contributed by atoms with E-state index in [0.717, 1.165) is 32.4 Å². The van der Waals surface area contributed by atoms with Crippen molar-refractivity contribution in [3.63, 3.8) is 0 Å². The molecule has 2 heterocycles. The predicted molar refractivity (Wildman–Crippen MR) is 117 cm³/mol. The minimum Gasteiger partial charge on any atom is -0.490 e. The Labute approximate surface area is 184 Å². The largest absolute Gasteiger partial charge is 0.490 e. The Bertz CT molecular complexity index is 758. The van der Waals surface area contributed by atoms with Crippen LogP contribution in [0.25, 0.3) is 0 Å². The van der Waals surface area contributed by atoms with Crippen molar-refractivity contribution in [3.05, 3.63) is 29.3 Å². The van der Waals surface area contributed by atoms with Gasteiger partial charge in [0.25, 0.3) is 0 Å². The number of likely N-dealkylation sites (tertiary alicyclic amines) is 1. The molecule has 1 atom stereocenters. The third-order valence-corrected chi connectivity index (χ3v) is 5.89. The highest BCUT2D eigenvalue weighted by molar-refractivity contribution is 6.30. The maximum absolute atomic E-state index is 13.1. The van der Waals surface area contributed by atoms with Crippen LogP contribution >= 0.6 is 11.6 Å². The van der Waals surface area contributed by atoms with Gasteiger partial charge in [0.15, 0.2) is 0 Å². The summed E-state index contributed by atoms with van der Waals surface area (Å²) in [5.74, 6) is 0.743. The van der Waals surface area contributed by atoms with E-state index in [-0.39, 0.29) is 24.8 Å². The van der Waals surface area contributed by atoms with E-state index in [0.29, 0.717) is 30.5 Å². The number of nitrogens with zero attached hydrogens (tertiary/aromatic N) is 2. The average molecular weight is 437 g/mol. The monoisotopic (exact) mass is 436 g/mol. The minimum absolute atomic E-state index is 0.0587. The number of benzene rings is 1. The molecule has 7 heteroatoms. The standard InChI is InChI=1S/C23H33ClN2O4/c1-22(2,3)21(28)26-12-13-30-23(16-26,15-20(27)25-10-5-4-6-11-25)17-29-19-9-7-8-18(24)14-19/h7-9,14H,4-6,10-13,15-17H2,1-3H3. The van der Waals surface area contributed by atoms with E-state index in [1.807, 2.05) is 42.7 Å². The van der Waals surface area contributed by atoms with E-state index in [1.54, 1.807) is 12.1 Å². The van der Waals surface area contributed by atoms with Crippen LogP contribution in [0.3, 0.4) is 0 Å². The zero-order chi connectivity index (χ0) is 21.8. The maximum atomic E-state index is 13.1. The number of amides is 2. The number of rotatable bonds is 5. The van der Waals surface area contributed by atoms with Gasteiger partial charge in [-0.25, -0.2) is 0 Å². The normalized spacial score (nSPS) is 22.7. The quantitative estimate of drug-likeness (QED) is 0.705. The lowest BCUT2D eigenvalue weighted by molar-refractivity contribution is -0.170. The molecule has 0 radical (unpaired) electrons. The summed E-state index contributed by atoms with van der Waals surface area (Å²) in [6, 6.07) is 7.17. The second-order valence-electron chi connectivity index (χ2n) is 9.37. The molecule has 6 nitrogen and oxygen atoms in total. The molecule has 2 amide bonds. The Morgan fingerprint density at radius 2 is 1.87 bits per heavy atom. The van der Waals surface area contributed by atoms with Crippen LogP contribution in [0.4, 0.5) is 0 Å². The van der Waals surface area contributed by atoms with Gasteiger partial charge < -0.3 is 19.3 Å². The van der Waals surface area contributed by atoms with Crippen LogP contribution < -0.4 is 4.74 Å². The lowest BCUT2D eigenvalue weighted by atomic mass is 9.91. The van der Waals surface area contributed by atoms with Crippen LogP contribution in [0.15, 0.2) is 24.3 Å². The number of halogens is 1. The maximum Gasteiger partial charge on any atom is 0.228 e. The number of carbonyl (C=O) groups excluding carboxylic acids is 2. The van der Waals surface area contributed by atoms with Crippen molar-refractivity contribution in [2.75, 3.05) is 39.4 Å². The number of carbonyl (C=O) groups is 2. The van der Waals surface area contributed by atoms with E-state index in [1.165, 1.54) is 0 Å². The van der Waals surface area contributed by atoms with Gasteiger partial charge in [-0.05, 0) is 37.5 Å². The van der Waals surface area contributed by atoms with Gasteiger partial charge in [-0.2, -0.15) is 0 Å². The molecule has 0 bridgehead atoms. The molecule has 2 aliphatic heterocycles. The van der Waals surface area contributed by atoms with Gasteiger partial charge in [-0.1, -0.05) is 38.4 Å². The van der Waals surface area contributed by atoms with Crippen molar-refractivity contribution < 1.29 is 19.1 Å². The molecule has 2 saturated heterocycles. The average Bonchev–Trinajstić information content (AvgIpc) is 2.72. The first-order valence-electron chi connectivity index (χ1n) is 10.8. The van der Waals surface area contributed by atoms with Gasteiger partial charge in [0.2, 0.25) is 11.8 Å². The third kappa shape index (κ3) is 5.88. The molecule has 3 rings (SSSR count). The molecule has 0 aliphatic carbocycles. The van der Waals surface area contributed by atoms with E-state index < -0.39 is 11.0 Å². The fraction of sp³-hybridized carbons (Fsp3) is 0.652. The zero-order valence-corrected chi connectivity index (χ0v) is 19.0. The Morgan fingerprint density at radius 1 is 1.13 bits per heavy atom. The topological polar surface area (TPSA) is 59.1 Å².